The van der Waals surface area contributed by atoms with E-state index in [1.165, 1.54) is 24.0 Å². The zero-order valence-corrected chi connectivity index (χ0v) is 11.8. The molecule has 2 N–H and O–H groups in total. The van der Waals surface area contributed by atoms with Gasteiger partial charge in [0.25, 0.3) is 0 Å². The van der Waals surface area contributed by atoms with Gasteiger partial charge in [0, 0.05) is 19.8 Å². The third-order valence-electron chi connectivity index (χ3n) is 3.83. The van der Waals surface area contributed by atoms with E-state index in [1.807, 2.05) is 0 Å². The lowest BCUT2D eigenvalue weighted by atomic mass is 9.98. The van der Waals surface area contributed by atoms with E-state index in [-0.39, 0.29) is 6.04 Å². The van der Waals surface area contributed by atoms with E-state index in [0.717, 1.165) is 32.5 Å². The van der Waals surface area contributed by atoms with Crippen LogP contribution in [0.2, 0.25) is 0 Å². The number of hydrogen-bond acceptors (Lipinski definition) is 3. The Morgan fingerprint density at radius 1 is 1.37 bits per heavy atom. The minimum Gasteiger partial charge on any atom is -0.384 e. The normalized spacial score (nSPS) is 20.6. The van der Waals surface area contributed by atoms with Crippen LogP contribution in [0.4, 0.5) is 0 Å². The maximum absolute atomic E-state index is 6.24. The zero-order chi connectivity index (χ0) is 13.5. The molecule has 1 aromatic rings. The summed E-state index contributed by atoms with van der Waals surface area (Å²) < 4.78 is 10.7. The molecular weight excluding hydrogens is 238 g/mol. The van der Waals surface area contributed by atoms with Gasteiger partial charge in [-0.25, -0.2) is 0 Å². The van der Waals surface area contributed by atoms with Crippen LogP contribution in [0, 0.1) is 0 Å². The standard InChI is InChI=1S/C16H25NO2/c1-18-12-10-13-4-6-14(7-5-13)16(17)9-8-15-3-2-11-19-15/h4-7,15-16H,2-3,8-12,17H2,1H3. The van der Waals surface area contributed by atoms with E-state index in [4.69, 9.17) is 15.2 Å². The van der Waals surface area contributed by atoms with Gasteiger partial charge in [0.2, 0.25) is 0 Å². The van der Waals surface area contributed by atoms with E-state index in [1.54, 1.807) is 7.11 Å². The lowest BCUT2D eigenvalue weighted by Gasteiger charge is -2.15. The predicted octanol–water partition coefficient (Wildman–Crippen LogP) is 2.83. The summed E-state index contributed by atoms with van der Waals surface area (Å²) in [6.07, 6.45) is 5.87. The molecule has 0 saturated carbocycles. The highest BCUT2D eigenvalue weighted by Gasteiger charge is 2.17. The second-order valence-corrected chi connectivity index (χ2v) is 5.30. The highest BCUT2D eigenvalue weighted by molar-refractivity contribution is 5.25. The van der Waals surface area contributed by atoms with Crippen LogP contribution in [0.25, 0.3) is 0 Å². The Kier molecular flexibility index (Phi) is 5.83. The van der Waals surface area contributed by atoms with E-state index >= 15 is 0 Å². The Bertz CT molecular complexity index is 358. The first-order valence-electron chi connectivity index (χ1n) is 7.24. The Labute approximate surface area is 116 Å². The van der Waals surface area contributed by atoms with E-state index < -0.39 is 0 Å². The van der Waals surface area contributed by atoms with Gasteiger partial charge in [-0.1, -0.05) is 24.3 Å². The Morgan fingerprint density at radius 2 is 2.16 bits per heavy atom. The van der Waals surface area contributed by atoms with Gasteiger partial charge in [0.15, 0.2) is 0 Å². The third kappa shape index (κ3) is 4.60. The molecule has 106 valence electrons. The molecule has 1 aliphatic heterocycles. The molecule has 1 aromatic carbocycles. The largest absolute Gasteiger partial charge is 0.384 e. The number of nitrogens with two attached hydrogens (primary N) is 1. The van der Waals surface area contributed by atoms with Gasteiger partial charge in [-0.3, -0.25) is 0 Å². The van der Waals surface area contributed by atoms with Crippen molar-refractivity contribution < 1.29 is 9.47 Å². The highest BCUT2D eigenvalue weighted by Crippen LogP contribution is 2.22. The third-order valence-corrected chi connectivity index (χ3v) is 3.83. The van der Waals surface area contributed by atoms with Crippen LogP contribution in [0.15, 0.2) is 24.3 Å². The molecule has 3 heteroatoms. The summed E-state index contributed by atoms with van der Waals surface area (Å²) in [6, 6.07) is 8.72. The number of ether oxygens (including phenoxy) is 2. The Balaban J connectivity index is 1.79. The first-order valence-corrected chi connectivity index (χ1v) is 7.24. The van der Waals surface area contributed by atoms with Crippen LogP contribution < -0.4 is 5.73 Å². The molecule has 19 heavy (non-hydrogen) atoms. The zero-order valence-electron chi connectivity index (χ0n) is 11.8. The second kappa shape index (κ2) is 7.63. The van der Waals surface area contributed by atoms with Crippen molar-refractivity contribution >= 4 is 0 Å². The molecule has 1 heterocycles. The topological polar surface area (TPSA) is 44.5 Å². The summed E-state index contributed by atoms with van der Waals surface area (Å²) in [5.74, 6) is 0. The van der Waals surface area contributed by atoms with Crippen LogP contribution in [-0.2, 0) is 15.9 Å². The van der Waals surface area contributed by atoms with Gasteiger partial charge in [-0.05, 0) is 43.2 Å². The Hall–Kier alpha value is -0.900. The van der Waals surface area contributed by atoms with E-state index in [0.29, 0.717) is 6.10 Å². The molecule has 3 nitrogen and oxygen atoms in total. The van der Waals surface area contributed by atoms with Gasteiger partial charge in [-0.15, -0.1) is 0 Å². The monoisotopic (exact) mass is 263 g/mol. The van der Waals surface area contributed by atoms with Gasteiger partial charge in [0.05, 0.1) is 12.7 Å². The van der Waals surface area contributed by atoms with Crippen molar-refractivity contribution in [2.24, 2.45) is 5.73 Å². The van der Waals surface area contributed by atoms with Gasteiger partial charge in [0.1, 0.15) is 0 Å². The van der Waals surface area contributed by atoms with Crippen molar-refractivity contribution in [3.05, 3.63) is 35.4 Å². The molecule has 0 aliphatic carbocycles. The molecule has 0 aromatic heterocycles. The van der Waals surface area contributed by atoms with Crippen LogP contribution in [0.1, 0.15) is 42.9 Å². The molecule has 0 amide bonds. The molecule has 0 bridgehead atoms. The van der Waals surface area contributed by atoms with Gasteiger partial charge in [-0.2, -0.15) is 0 Å². The summed E-state index contributed by atoms with van der Waals surface area (Å²) in [5, 5.41) is 0. The fraction of sp³-hybridized carbons (Fsp3) is 0.625. The first kappa shape index (κ1) is 14.5. The number of methoxy groups -OCH3 is 1. The van der Waals surface area contributed by atoms with E-state index in [9.17, 15) is 0 Å². The lowest BCUT2D eigenvalue weighted by molar-refractivity contribution is 0.101. The van der Waals surface area contributed by atoms with Gasteiger partial charge < -0.3 is 15.2 Å². The van der Waals surface area contributed by atoms with Crippen molar-refractivity contribution in [3.8, 4) is 0 Å². The number of rotatable bonds is 7. The number of hydrogen-bond donors (Lipinski definition) is 1. The highest BCUT2D eigenvalue weighted by atomic mass is 16.5. The first-order chi connectivity index (χ1) is 9.29. The maximum Gasteiger partial charge on any atom is 0.0576 e. The summed E-state index contributed by atoms with van der Waals surface area (Å²) in [6.45, 7) is 1.69. The SMILES string of the molecule is COCCc1ccc(C(N)CCC2CCCO2)cc1. The van der Waals surface area contributed by atoms with Crippen LogP contribution in [0.5, 0.6) is 0 Å². The molecule has 1 fully saturated rings. The minimum atomic E-state index is 0.126. The summed E-state index contributed by atoms with van der Waals surface area (Å²) in [4.78, 5) is 0. The van der Waals surface area contributed by atoms with Crippen LogP contribution in [-0.4, -0.2) is 26.4 Å². The molecule has 2 rings (SSSR count). The molecule has 2 atom stereocenters. The van der Waals surface area contributed by atoms with E-state index in [2.05, 4.69) is 24.3 Å². The van der Waals surface area contributed by atoms with Crippen molar-refractivity contribution in [3.63, 3.8) is 0 Å². The van der Waals surface area contributed by atoms with Gasteiger partial charge >= 0.3 is 0 Å². The van der Waals surface area contributed by atoms with Crippen molar-refractivity contribution in [1.82, 2.24) is 0 Å². The average Bonchev–Trinajstić information content (AvgIpc) is 2.96. The molecule has 0 radical (unpaired) electrons. The minimum absolute atomic E-state index is 0.126. The average molecular weight is 263 g/mol. The smallest absolute Gasteiger partial charge is 0.0576 e. The Morgan fingerprint density at radius 3 is 2.79 bits per heavy atom. The summed E-state index contributed by atoms with van der Waals surface area (Å²) in [5.41, 5.74) is 8.77. The van der Waals surface area contributed by atoms with Crippen molar-refractivity contribution in [1.29, 1.82) is 0 Å². The van der Waals surface area contributed by atoms with Crippen LogP contribution >= 0.6 is 0 Å². The van der Waals surface area contributed by atoms with Crippen molar-refractivity contribution in [2.75, 3.05) is 20.3 Å². The lowest BCUT2D eigenvalue weighted by Crippen LogP contribution is -2.14. The predicted molar refractivity (Wildman–Crippen MR) is 77.2 cm³/mol. The molecule has 0 spiro atoms. The number of benzene rings is 1. The fourth-order valence-electron chi connectivity index (χ4n) is 2.56. The maximum atomic E-state index is 6.24. The molecule has 2 unspecified atom stereocenters. The molecule has 1 aliphatic rings. The summed E-state index contributed by atoms with van der Waals surface area (Å²) in [7, 11) is 1.73. The van der Waals surface area contributed by atoms with Crippen molar-refractivity contribution in [2.45, 2.75) is 44.2 Å². The summed E-state index contributed by atoms with van der Waals surface area (Å²) >= 11 is 0. The second-order valence-electron chi connectivity index (χ2n) is 5.30. The van der Waals surface area contributed by atoms with Crippen LogP contribution in [0.3, 0.4) is 0 Å². The molecular formula is C16H25NO2. The fourth-order valence-corrected chi connectivity index (χ4v) is 2.56. The quantitative estimate of drug-likeness (QED) is 0.822. The molecule has 1 saturated heterocycles.